The molecule has 0 aliphatic carbocycles. The molecule has 7 heteroatoms. The average molecular weight is 362 g/mol. The first kappa shape index (κ1) is 18.8. The molecule has 0 aromatic heterocycles. The summed E-state index contributed by atoms with van der Waals surface area (Å²) >= 11 is 0. The lowest BCUT2D eigenvalue weighted by atomic mass is 10.2. The van der Waals surface area contributed by atoms with Crippen LogP contribution in [0.2, 0.25) is 0 Å². The molecular formula is C18H22N2O4S. The molecule has 25 heavy (non-hydrogen) atoms. The number of ether oxygens (including phenoxy) is 1. The maximum Gasteiger partial charge on any atom is 0.261 e. The van der Waals surface area contributed by atoms with Gasteiger partial charge in [-0.2, -0.15) is 0 Å². The Hall–Kier alpha value is -2.54. The van der Waals surface area contributed by atoms with Crippen molar-refractivity contribution in [3.8, 4) is 5.75 Å². The Kier molecular flexibility index (Phi) is 5.69. The normalized spacial score (nSPS) is 11.2. The van der Waals surface area contributed by atoms with Crippen molar-refractivity contribution in [3.05, 3.63) is 53.6 Å². The number of benzene rings is 2. The zero-order chi connectivity index (χ0) is 18.6. The molecule has 2 N–H and O–H groups in total. The maximum atomic E-state index is 12.7. The number of methoxy groups -OCH3 is 1. The van der Waals surface area contributed by atoms with Crippen LogP contribution in [0.4, 0.5) is 5.69 Å². The van der Waals surface area contributed by atoms with Crippen molar-refractivity contribution in [1.29, 1.82) is 0 Å². The molecule has 1 amide bonds. The van der Waals surface area contributed by atoms with Crippen LogP contribution in [-0.2, 0) is 10.0 Å². The van der Waals surface area contributed by atoms with Crippen molar-refractivity contribution >= 4 is 21.6 Å². The predicted molar refractivity (Wildman–Crippen MR) is 97.6 cm³/mol. The van der Waals surface area contributed by atoms with Crippen molar-refractivity contribution in [2.24, 2.45) is 0 Å². The van der Waals surface area contributed by atoms with E-state index >= 15 is 0 Å². The van der Waals surface area contributed by atoms with Gasteiger partial charge in [0.15, 0.2) is 0 Å². The van der Waals surface area contributed by atoms with E-state index in [1.165, 1.54) is 25.3 Å². The number of hydrogen-bond acceptors (Lipinski definition) is 4. The third-order valence-electron chi connectivity index (χ3n) is 3.54. The molecule has 0 aliphatic rings. The van der Waals surface area contributed by atoms with E-state index in [1.807, 2.05) is 32.9 Å². The van der Waals surface area contributed by atoms with E-state index in [0.717, 1.165) is 5.56 Å². The molecule has 2 aromatic rings. The highest BCUT2D eigenvalue weighted by molar-refractivity contribution is 7.92. The van der Waals surface area contributed by atoms with Crippen LogP contribution >= 0.6 is 0 Å². The largest absolute Gasteiger partial charge is 0.496 e. The molecule has 0 heterocycles. The highest BCUT2D eigenvalue weighted by Crippen LogP contribution is 2.25. The Labute approximate surface area is 148 Å². The van der Waals surface area contributed by atoms with Gasteiger partial charge in [0.1, 0.15) is 5.75 Å². The van der Waals surface area contributed by atoms with Crippen molar-refractivity contribution in [3.63, 3.8) is 0 Å². The van der Waals surface area contributed by atoms with Gasteiger partial charge in [0.2, 0.25) is 0 Å². The minimum absolute atomic E-state index is 0.00883. The molecule has 0 spiro atoms. The van der Waals surface area contributed by atoms with Gasteiger partial charge in [0.05, 0.1) is 23.3 Å². The Morgan fingerprint density at radius 3 is 2.40 bits per heavy atom. The Morgan fingerprint density at radius 2 is 1.80 bits per heavy atom. The molecule has 2 aromatic carbocycles. The molecule has 0 bridgehead atoms. The lowest BCUT2D eigenvalue weighted by Crippen LogP contribution is -2.30. The lowest BCUT2D eigenvalue weighted by Gasteiger charge is -2.14. The zero-order valence-electron chi connectivity index (χ0n) is 14.7. The first-order valence-corrected chi connectivity index (χ1v) is 9.30. The van der Waals surface area contributed by atoms with E-state index in [2.05, 4.69) is 10.0 Å². The van der Waals surface area contributed by atoms with E-state index in [0.29, 0.717) is 11.4 Å². The van der Waals surface area contributed by atoms with Crippen molar-refractivity contribution in [1.82, 2.24) is 5.32 Å². The van der Waals surface area contributed by atoms with Gasteiger partial charge in [0.25, 0.3) is 15.9 Å². The van der Waals surface area contributed by atoms with Gasteiger partial charge in [-0.25, -0.2) is 8.42 Å². The third kappa shape index (κ3) is 4.51. The molecule has 0 unspecified atom stereocenters. The van der Waals surface area contributed by atoms with Crippen LogP contribution in [0.15, 0.2) is 47.4 Å². The number of aryl methyl sites for hydroxylation is 1. The van der Waals surface area contributed by atoms with E-state index in [9.17, 15) is 13.2 Å². The summed E-state index contributed by atoms with van der Waals surface area (Å²) in [4.78, 5) is 12.3. The Balaban J connectivity index is 2.41. The third-order valence-corrected chi connectivity index (χ3v) is 4.90. The van der Waals surface area contributed by atoms with Gasteiger partial charge < -0.3 is 10.1 Å². The highest BCUT2D eigenvalue weighted by Gasteiger charge is 2.20. The molecule has 0 fully saturated rings. The quantitative estimate of drug-likeness (QED) is 0.827. The Morgan fingerprint density at radius 1 is 1.12 bits per heavy atom. The second-order valence-corrected chi connectivity index (χ2v) is 7.59. The van der Waals surface area contributed by atoms with Gasteiger partial charge in [-0.05, 0) is 50.6 Å². The van der Waals surface area contributed by atoms with E-state index in [-0.39, 0.29) is 22.4 Å². The molecular weight excluding hydrogens is 340 g/mol. The van der Waals surface area contributed by atoms with Crippen LogP contribution < -0.4 is 14.8 Å². The summed E-state index contributed by atoms with van der Waals surface area (Å²) in [5.74, 6) is -0.0761. The Bertz CT molecular complexity index is 876. The number of anilines is 1. The predicted octanol–water partition coefficient (Wildman–Crippen LogP) is 2.94. The zero-order valence-corrected chi connectivity index (χ0v) is 15.5. The number of carbonyl (C=O) groups excluding carboxylic acids is 1. The molecule has 0 saturated carbocycles. The number of sulfonamides is 1. The summed E-state index contributed by atoms with van der Waals surface area (Å²) in [5, 5.41) is 2.74. The second kappa shape index (κ2) is 7.57. The number of para-hydroxylation sites is 1. The van der Waals surface area contributed by atoms with Crippen molar-refractivity contribution in [2.75, 3.05) is 11.8 Å². The van der Waals surface area contributed by atoms with Gasteiger partial charge in [0, 0.05) is 6.04 Å². The smallest absolute Gasteiger partial charge is 0.261 e. The summed E-state index contributed by atoms with van der Waals surface area (Å²) in [5.41, 5.74) is 1.47. The molecule has 0 atom stereocenters. The average Bonchev–Trinajstić information content (AvgIpc) is 2.55. The van der Waals surface area contributed by atoms with Crippen molar-refractivity contribution in [2.45, 2.75) is 31.7 Å². The first-order chi connectivity index (χ1) is 11.7. The van der Waals surface area contributed by atoms with E-state index < -0.39 is 10.0 Å². The van der Waals surface area contributed by atoms with Gasteiger partial charge >= 0.3 is 0 Å². The summed E-state index contributed by atoms with van der Waals surface area (Å²) < 4.78 is 33.1. The van der Waals surface area contributed by atoms with Gasteiger partial charge in [-0.15, -0.1) is 0 Å². The minimum atomic E-state index is -3.83. The standard InChI is InChI=1S/C18H22N2O4S/c1-12(2)19-18(21)15-11-14(9-10-17(15)24-4)25(22,23)20-16-8-6-5-7-13(16)3/h5-12,20H,1-4H3,(H,19,21). The van der Waals surface area contributed by atoms with Crippen LogP contribution in [0.1, 0.15) is 29.8 Å². The summed E-state index contributed by atoms with van der Waals surface area (Å²) in [7, 11) is -2.40. The molecule has 6 nitrogen and oxygen atoms in total. The van der Waals surface area contributed by atoms with Crippen LogP contribution in [0.5, 0.6) is 5.75 Å². The SMILES string of the molecule is COc1ccc(S(=O)(=O)Nc2ccccc2C)cc1C(=O)NC(C)C. The molecule has 0 aliphatic heterocycles. The van der Waals surface area contributed by atoms with Gasteiger partial charge in [-0.1, -0.05) is 18.2 Å². The van der Waals surface area contributed by atoms with Crippen molar-refractivity contribution < 1.29 is 17.9 Å². The van der Waals surface area contributed by atoms with Crippen LogP contribution in [-0.4, -0.2) is 27.5 Å². The highest BCUT2D eigenvalue weighted by atomic mass is 32.2. The number of amides is 1. The van der Waals surface area contributed by atoms with Gasteiger partial charge in [-0.3, -0.25) is 9.52 Å². The fourth-order valence-electron chi connectivity index (χ4n) is 2.26. The monoisotopic (exact) mass is 362 g/mol. The number of carbonyl (C=O) groups is 1. The van der Waals surface area contributed by atoms with E-state index in [4.69, 9.17) is 4.74 Å². The molecule has 134 valence electrons. The topological polar surface area (TPSA) is 84.5 Å². The molecule has 0 radical (unpaired) electrons. The molecule has 2 rings (SSSR count). The summed E-state index contributed by atoms with van der Waals surface area (Å²) in [6, 6.07) is 11.2. The first-order valence-electron chi connectivity index (χ1n) is 7.82. The number of hydrogen-bond donors (Lipinski definition) is 2. The second-order valence-electron chi connectivity index (χ2n) is 5.91. The van der Waals surface area contributed by atoms with Crippen LogP contribution in [0.25, 0.3) is 0 Å². The minimum Gasteiger partial charge on any atom is -0.496 e. The molecule has 0 saturated heterocycles. The number of nitrogens with one attached hydrogen (secondary N) is 2. The fraction of sp³-hybridized carbons (Fsp3) is 0.278. The lowest BCUT2D eigenvalue weighted by molar-refractivity contribution is 0.0940. The fourth-order valence-corrected chi connectivity index (χ4v) is 3.42. The summed E-state index contributed by atoms with van der Waals surface area (Å²) in [6.45, 7) is 5.46. The van der Waals surface area contributed by atoms with E-state index in [1.54, 1.807) is 12.1 Å². The van der Waals surface area contributed by atoms with Crippen LogP contribution in [0, 0.1) is 6.92 Å². The number of rotatable bonds is 6. The maximum absolute atomic E-state index is 12.7. The summed E-state index contributed by atoms with van der Waals surface area (Å²) in [6.07, 6.45) is 0. The van der Waals surface area contributed by atoms with Crippen LogP contribution in [0.3, 0.4) is 0 Å².